The van der Waals surface area contributed by atoms with E-state index in [9.17, 15) is 10.2 Å². The van der Waals surface area contributed by atoms with Crippen molar-refractivity contribution in [3.63, 3.8) is 0 Å². The van der Waals surface area contributed by atoms with Gasteiger partial charge in [0.05, 0.1) is 12.1 Å². The highest BCUT2D eigenvalue weighted by Gasteiger charge is 2.76. The van der Waals surface area contributed by atoms with Gasteiger partial charge in [0.2, 0.25) is 0 Å². The smallest absolute Gasteiger partial charge is 0.111 e. The molecule has 0 radical (unpaired) electrons. The highest BCUT2D eigenvalue weighted by Crippen LogP contribution is 2.68. The number of fused-ring (bicyclic) bond motifs is 2. The minimum atomic E-state index is -0.319. The first-order valence-electron chi connectivity index (χ1n) is 9.57. The summed E-state index contributed by atoms with van der Waals surface area (Å²) < 4.78 is 0. The van der Waals surface area contributed by atoms with Gasteiger partial charge in [-0.3, -0.25) is 4.90 Å². The average Bonchev–Trinajstić information content (AvgIpc) is 2.97. The van der Waals surface area contributed by atoms with Gasteiger partial charge >= 0.3 is 0 Å². The molecule has 10 atom stereocenters. The van der Waals surface area contributed by atoms with Crippen LogP contribution in [0.3, 0.4) is 0 Å². The van der Waals surface area contributed by atoms with Crippen molar-refractivity contribution in [2.24, 2.45) is 17.8 Å². The molecule has 5 heterocycles. The molecule has 4 saturated heterocycles. The molecule has 128 valence electrons. The number of likely N-dealkylation sites (N-methyl/N-ethyl adjacent to an activating group) is 1. The van der Waals surface area contributed by atoms with Crippen molar-refractivity contribution in [2.45, 2.75) is 62.1 Å². The summed E-state index contributed by atoms with van der Waals surface area (Å²) in [6.45, 7) is 2.19. The summed E-state index contributed by atoms with van der Waals surface area (Å²) in [5.74, 6) is 1.14. The number of para-hydroxylation sites is 1. The Balaban J connectivity index is 1.60. The minimum absolute atomic E-state index is 0.126. The van der Waals surface area contributed by atoms with Crippen molar-refractivity contribution in [3.05, 3.63) is 29.8 Å². The number of aliphatic hydroxyl groups is 2. The Kier molecular flexibility index (Phi) is 2.45. The van der Waals surface area contributed by atoms with E-state index in [2.05, 4.69) is 48.0 Å². The van der Waals surface area contributed by atoms with Crippen LogP contribution in [-0.4, -0.2) is 52.6 Å². The van der Waals surface area contributed by atoms with E-state index in [0.717, 1.165) is 19.3 Å². The van der Waals surface area contributed by atoms with Crippen LogP contribution in [0.5, 0.6) is 0 Å². The van der Waals surface area contributed by atoms with E-state index in [-0.39, 0.29) is 17.7 Å². The summed E-state index contributed by atoms with van der Waals surface area (Å²) in [7, 11) is 2.19. The van der Waals surface area contributed by atoms with Crippen LogP contribution in [0.25, 0.3) is 0 Å². The summed E-state index contributed by atoms with van der Waals surface area (Å²) in [5.41, 5.74) is 2.51. The van der Waals surface area contributed by atoms with Crippen LogP contribution in [0.4, 0.5) is 5.69 Å². The van der Waals surface area contributed by atoms with Crippen molar-refractivity contribution < 1.29 is 10.2 Å². The zero-order valence-corrected chi connectivity index (χ0v) is 14.3. The maximum absolute atomic E-state index is 11.6. The normalized spacial score (nSPS) is 55.8. The second kappa shape index (κ2) is 4.17. The highest BCUT2D eigenvalue weighted by molar-refractivity contribution is 5.67. The average molecular weight is 326 g/mol. The topological polar surface area (TPSA) is 46.9 Å². The van der Waals surface area contributed by atoms with Crippen LogP contribution in [0.15, 0.2) is 24.3 Å². The minimum Gasteiger partial charge on any atom is -0.392 e. The van der Waals surface area contributed by atoms with Gasteiger partial charge in [-0.25, -0.2) is 0 Å². The van der Waals surface area contributed by atoms with Crippen LogP contribution >= 0.6 is 0 Å². The van der Waals surface area contributed by atoms with Crippen LogP contribution in [0.1, 0.15) is 31.7 Å². The fraction of sp³-hybridized carbons (Fsp3) is 0.700. The zero-order valence-electron chi connectivity index (χ0n) is 14.3. The van der Waals surface area contributed by atoms with E-state index in [4.69, 9.17) is 0 Å². The fourth-order valence-corrected chi connectivity index (χ4v) is 7.88. The standard InChI is InChI=1S/C20H26N2O2/c1-3-10-11-8-14-17-20(12-6-4-5-7-13(12)21(17)2)9-15(16(11)18(20)23)22(14)19(10)24/h4-7,10-11,14-19,23-24H,3,8-9H2,1-2H3/t10-,11-,14-,15-,16-,17-,18-,19+,20+/m0/s1. The number of aliphatic hydroxyl groups excluding tert-OH is 2. The Morgan fingerprint density at radius 1 is 1.21 bits per heavy atom. The summed E-state index contributed by atoms with van der Waals surface area (Å²) >= 11 is 0. The maximum Gasteiger partial charge on any atom is 0.111 e. The molecule has 5 aliphatic heterocycles. The molecule has 2 N–H and O–H groups in total. The SMILES string of the molecule is CC[C@H]1[C@@H]2C[C@H]3[C@@H]4N(C)c5ccccc5[C@]45C[C@@H]([C@H]2[C@@H]5O)N3[C@@H]1O. The molecule has 1 saturated carbocycles. The van der Waals surface area contributed by atoms with Gasteiger partial charge in [-0.05, 0) is 36.8 Å². The third kappa shape index (κ3) is 1.20. The molecule has 0 aromatic heterocycles. The van der Waals surface area contributed by atoms with Gasteiger partial charge < -0.3 is 15.1 Å². The first kappa shape index (κ1) is 14.1. The molecule has 4 nitrogen and oxygen atoms in total. The van der Waals surface area contributed by atoms with Gasteiger partial charge in [-0.1, -0.05) is 25.1 Å². The Hall–Kier alpha value is -1.10. The Bertz CT molecular complexity index is 723. The third-order valence-corrected chi connectivity index (χ3v) is 8.46. The molecule has 24 heavy (non-hydrogen) atoms. The van der Waals surface area contributed by atoms with Gasteiger partial charge in [0.15, 0.2) is 0 Å². The Labute approximate surface area is 143 Å². The number of anilines is 1. The van der Waals surface area contributed by atoms with Crippen LogP contribution < -0.4 is 4.90 Å². The number of hydrogen-bond acceptors (Lipinski definition) is 4. The van der Waals surface area contributed by atoms with Crippen molar-refractivity contribution in [1.29, 1.82) is 0 Å². The molecule has 7 rings (SSSR count). The summed E-state index contributed by atoms with van der Waals surface area (Å²) in [4.78, 5) is 4.83. The van der Waals surface area contributed by atoms with E-state index in [0.29, 0.717) is 35.9 Å². The number of nitrogens with zero attached hydrogens (tertiary/aromatic N) is 2. The molecule has 5 bridgehead atoms. The van der Waals surface area contributed by atoms with Crippen molar-refractivity contribution in [3.8, 4) is 0 Å². The molecule has 0 amide bonds. The highest BCUT2D eigenvalue weighted by atomic mass is 16.3. The van der Waals surface area contributed by atoms with Crippen LogP contribution in [0.2, 0.25) is 0 Å². The Morgan fingerprint density at radius 3 is 2.79 bits per heavy atom. The molecule has 1 aromatic rings. The molecule has 1 aliphatic carbocycles. The number of piperidine rings is 4. The van der Waals surface area contributed by atoms with Crippen molar-refractivity contribution >= 4 is 5.69 Å². The number of hydrogen-bond donors (Lipinski definition) is 2. The molecule has 1 spiro atoms. The fourth-order valence-electron chi connectivity index (χ4n) is 7.88. The molecule has 5 fully saturated rings. The van der Waals surface area contributed by atoms with Gasteiger partial charge in [0.25, 0.3) is 0 Å². The molecule has 6 aliphatic rings. The maximum atomic E-state index is 11.6. The summed E-state index contributed by atoms with van der Waals surface area (Å²) in [6.07, 6.45) is 2.56. The van der Waals surface area contributed by atoms with Crippen LogP contribution in [0, 0.1) is 17.8 Å². The third-order valence-electron chi connectivity index (χ3n) is 8.46. The molecular weight excluding hydrogens is 300 g/mol. The number of rotatable bonds is 1. The zero-order chi connectivity index (χ0) is 16.4. The van der Waals surface area contributed by atoms with E-state index in [1.54, 1.807) is 0 Å². The predicted octanol–water partition coefficient (Wildman–Crippen LogP) is 1.55. The summed E-state index contributed by atoms with van der Waals surface area (Å²) in [5, 5.41) is 22.6. The lowest BCUT2D eigenvalue weighted by Crippen LogP contribution is -2.72. The van der Waals surface area contributed by atoms with Gasteiger partial charge in [-0.15, -0.1) is 0 Å². The molecular formula is C20H26N2O2. The van der Waals surface area contributed by atoms with E-state index < -0.39 is 0 Å². The lowest BCUT2D eigenvalue weighted by atomic mass is 9.62. The van der Waals surface area contributed by atoms with E-state index >= 15 is 0 Å². The van der Waals surface area contributed by atoms with E-state index in [1.807, 2.05) is 0 Å². The Morgan fingerprint density at radius 2 is 2.00 bits per heavy atom. The molecule has 4 heteroatoms. The largest absolute Gasteiger partial charge is 0.392 e. The molecule has 1 unspecified atom stereocenters. The van der Waals surface area contributed by atoms with E-state index in [1.165, 1.54) is 11.3 Å². The lowest BCUT2D eigenvalue weighted by molar-refractivity contribution is -0.211. The van der Waals surface area contributed by atoms with Gasteiger partial charge in [0, 0.05) is 42.1 Å². The predicted molar refractivity (Wildman–Crippen MR) is 91.7 cm³/mol. The second-order valence-corrected chi connectivity index (χ2v) is 8.81. The second-order valence-electron chi connectivity index (χ2n) is 8.81. The first-order valence-corrected chi connectivity index (χ1v) is 9.57. The molecule has 1 aromatic carbocycles. The lowest BCUT2D eigenvalue weighted by Gasteiger charge is -2.62. The summed E-state index contributed by atoms with van der Waals surface area (Å²) in [6, 6.07) is 9.70. The monoisotopic (exact) mass is 326 g/mol. The van der Waals surface area contributed by atoms with Gasteiger partial charge in [-0.2, -0.15) is 0 Å². The van der Waals surface area contributed by atoms with Crippen LogP contribution in [-0.2, 0) is 5.41 Å². The first-order chi connectivity index (χ1) is 11.6. The van der Waals surface area contributed by atoms with Crippen molar-refractivity contribution in [1.82, 2.24) is 4.90 Å². The number of benzene rings is 1. The van der Waals surface area contributed by atoms with Gasteiger partial charge in [0.1, 0.15) is 6.23 Å². The van der Waals surface area contributed by atoms with Crippen molar-refractivity contribution in [2.75, 3.05) is 11.9 Å². The quantitative estimate of drug-likeness (QED) is 0.822.